The molecule has 1 aliphatic heterocycles. The Kier molecular flexibility index (Phi) is 4.78. The molecule has 0 aliphatic carbocycles. The van der Waals surface area contributed by atoms with E-state index < -0.39 is 0 Å². The Hall–Kier alpha value is -3.29. The van der Waals surface area contributed by atoms with Crippen molar-refractivity contribution in [2.24, 2.45) is 0 Å². The Labute approximate surface area is 155 Å². The number of aromatic nitrogens is 4. The number of hydrogen-bond acceptors (Lipinski definition) is 5. The molecule has 0 atom stereocenters. The molecule has 1 aliphatic rings. The quantitative estimate of drug-likeness (QED) is 0.751. The molecule has 0 radical (unpaired) electrons. The van der Waals surface area contributed by atoms with Crippen LogP contribution < -0.4 is 10.2 Å². The van der Waals surface area contributed by atoms with Gasteiger partial charge >= 0.3 is 0 Å². The second kappa shape index (κ2) is 7.53. The van der Waals surface area contributed by atoms with Gasteiger partial charge in [0.2, 0.25) is 5.91 Å². The maximum absolute atomic E-state index is 13.0. The lowest BCUT2D eigenvalue weighted by atomic mass is 10.1. The van der Waals surface area contributed by atoms with E-state index in [0.29, 0.717) is 11.5 Å². The highest BCUT2D eigenvalue weighted by Crippen LogP contribution is 2.25. The molecule has 3 heterocycles. The molecule has 1 saturated heterocycles. The first-order valence-electron chi connectivity index (χ1n) is 8.83. The fourth-order valence-corrected chi connectivity index (χ4v) is 3.17. The van der Waals surface area contributed by atoms with Crippen molar-refractivity contribution in [2.75, 3.05) is 23.3 Å². The molecule has 0 saturated carbocycles. The molecule has 1 fully saturated rings. The SMILES string of the molecule is O=C(Cc1ccc(F)cc1)Nc1cnn(-c2ncncc2N2CCCC2)c1. The van der Waals surface area contributed by atoms with Gasteiger partial charge in [0.15, 0.2) is 5.82 Å². The van der Waals surface area contributed by atoms with Gasteiger partial charge in [-0.3, -0.25) is 4.79 Å². The van der Waals surface area contributed by atoms with E-state index in [9.17, 15) is 9.18 Å². The average Bonchev–Trinajstić information content (AvgIpc) is 3.36. The van der Waals surface area contributed by atoms with Crippen LogP contribution in [0.5, 0.6) is 0 Å². The molecule has 0 unspecified atom stereocenters. The third-order valence-electron chi connectivity index (χ3n) is 4.48. The number of nitrogens with zero attached hydrogens (tertiary/aromatic N) is 5. The van der Waals surface area contributed by atoms with Crippen LogP contribution in [0.15, 0.2) is 49.2 Å². The minimum Gasteiger partial charge on any atom is -0.367 e. The third kappa shape index (κ3) is 3.94. The molecule has 0 spiro atoms. The van der Waals surface area contributed by atoms with Crippen molar-refractivity contribution in [3.8, 4) is 5.82 Å². The van der Waals surface area contributed by atoms with E-state index >= 15 is 0 Å². The molecule has 2 aromatic heterocycles. The number of benzene rings is 1. The van der Waals surface area contributed by atoms with Crippen LogP contribution in [0.1, 0.15) is 18.4 Å². The Morgan fingerprint density at radius 3 is 2.70 bits per heavy atom. The molecule has 27 heavy (non-hydrogen) atoms. The van der Waals surface area contributed by atoms with Crippen molar-refractivity contribution in [1.29, 1.82) is 0 Å². The monoisotopic (exact) mass is 366 g/mol. The number of amides is 1. The van der Waals surface area contributed by atoms with Crippen molar-refractivity contribution in [1.82, 2.24) is 19.7 Å². The molecule has 1 amide bonds. The minimum atomic E-state index is -0.320. The fraction of sp³-hybridized carbons (Fsp3) is 0.263. The first kappa shape index (κ1) is 17.1. The Morgan fingerprint density at radius 1 is 1.15 bits per heavy atom. The van der Waals surface area contributed by atoms with Gasteiger partial charge in [-0.15, -0.1) is 0 Å². The molecule has 3 aromatic rings. The van der Waals surface area contributed by atoms with Crippen LogP contribution in [-0.4, -0.2) is 38.7 Å². The normalized spacial score (nSPS) is 13.7. The highest BCUT2D eigenvalue weighted by atomic mass is 19.1. The van der Waals surface area contributed by atoms with Crippen LogP contribution in [0.2, 0.25) is 0 Å². The standard InChI is InChI=1S/C19H19FN6O/c20-15-5-3-14(4-6-15)9-18(27)24-16-10-23-26(12-16)19-17(11-21-13-22-19)25-7-1-2-8-25/h3-6,10-13H,1-2,7-9H2,(H,24,27). The number of anilines is 2. The van der Waals surface area contributed by atoms with Gasteiger partial charge in [0, 0.05) is 13.1 Å². The lowest BCUT2D eigenvalue weighted by Gasteiger charge is -2.19. The maximum Gasteiger partial charge on any atom is 0.228 e. The van der Waals surface area contributed by atoms with E-state index in [4.69, 9.17) is 0 Å². The largest absolute Gasteiger partial charge is 0.367 e. The highest BCUT2D eigenvalue weighted by molar-refractivity contribution is 5.92. The predicted molar refractivity (Wildman–Crippen MR) is 99.3 cm³/mol. The third-order valence-corrected chi connectivity index (χ3v) is 4.48. The molecular formula is C19H19FN6O. The van der Waals surface area contributed by atoms with Gasteiger partial charge < -0.3 is 10.2 Å². The van der Waals surface area contributed by atoms with Gasteiger partial charge in [0.1, 0.15) is 17.8 Å². The zero-order chi connectivity index (χ0) is 18.6. The zero-order valence-electron chi connectivity index (χ0n) is 14.7. The molecule has 138 valence electrons. The van der Waals surface area contributed by atoms with E-state index in [1.54, 1.807) is 35.4 Å². The lowest BCUT2D eigenvalue weighted by molar-refractivity contribution is -0.115. The lowest BCUT2D eigenvalue weighted by Crippen LogP contribution is -2.20. The van der Waals surface area contributed by atoms with Crippen molar-refractivity contribution < 1.29 is 9.18 Å². The number of rotatable bonds is 5. The highest BCUT2D eigenvalue weighted by Gasteiger charge is 2.18. The van der Waals surface area contributed by atoms with Crippen molar-refractivity contribution in [3.63, 3.8) is 0 Å². The molecule has 8 heteroatoms. The summed E-state index contributed by atoms with van der Waals surface area (Å²) < 4.78 is 14.6. The maximum atomic E-state index is 13.0. The van der Waals surface area contributed by atoms with Crippen molar-refractivity contribution in [2.45, 2.75) is 19.3 Å². The predicted octanol–water partition coefficient (Wildman–Crippen LogP) is 2.58. The van der Waals surface area contributed by atoms with Gasteiger partial charge in [-0.25, -0.2) is 19.0 Å². The summed E-state index contributed by atoms with van der Waals surface area (Å²) in [7, 11) is 0. The summed E-state index contributed by atoms with van der Waals surface area (Å²) in [6.45, 7) is 1.95. The summed E-state index contributed by atoms with van der Waals surface area (Å²) in [5.74, 6) is 0.175. The first-order chi connectivity index (χ1) is 13.2. The number of nitrogens with one attached hydrogen (secondary N) is 1. The molecular weight excluding hydrogens is 347 g/mol. The van der Waals surface area contributed by atoms with E-state index in [-0.39, 0.29) is 18.1 Å². The van der Waals surface area contributed by atoms with E-state index in [0.717, 1.165) is 37.2 Å². The smallest absolute Gasteiger partial charge is 0.228 e. The fourth-order valence-electron chi connectivity index (χ4n) is 3.17. The molecule has 4 rings (SSSR count). The number of carbonyl (C=O) groups excluding carboxylic acids is 1. The van der Waals surface area contributed by atoms with Gasteiger partial charge in [0.05, 0.1) is 30.7 Å². The summed E-state index contributed by atoms with van der Waals surface area (Å²) in [6.07, 6.45) is 9.06. The summed E-state index contributed by atoms with van der Waals surface area (Å²) >= 11 is 0. The van der Waals surface area contributed by atoms with Crippen LogP contribution in [0.3, 0.4) is 0 Å². The Balaban J connectivity index is 1.47. The van der Waals surface area contributed by atoms with Gasteiger partial charge in [0.25, 0.3) is 0 Å². The minimum absolute atomic E-state index is 0.165. The first-order valence-corrected chi connectivity index (χ1v) is 8.83. The molecule has 7 nitrogen and oxygen atoms in total. The number of halogens is 1. The van der Waals surface area contributed by atoms with E-state index in [2.05, 4.69) is 25.3 Å². The topological polar surface area (TPSA) is 75.9 Å². The molecule has 0 bridgehead atoms. The Bertz CT molecular complexity index is 933. The summed E-state index contributed by atoms with van der Waals surface area (Å²) in [6, 6.07) is 5.88. The van der Waals surface area contributed by atoms with E-state index in [1.807, 2.05) is 0 Å². The molecule has 1 N–H and O–H groups in total. The van der Waals surface area contributed by atoms with Crippen LogP contribution in [0, 0.1) is 5.82 Å². The second-order valence-corrected chi connectivity index (χ2v) is 6.45. The average molecular weight is 366 g/mol. The number of hydrogen-bond donors (Lipinski definition) is 1. The number of carbonyl (C=O) groups is 1. The van der Waals surface area contributed by atoms with Gasteiger partial charge in [-0.1, -0.05) is 12.1 Å². The second-order valence-electron chi connectivity index (χ2n) is 6.45. The van der Waals surface area contributed by atoms with Gasteiger partial charge in [-0.05, 0) is 30.5 Å². The van der Waals surface area contributed by atoms with Crippen LogP contribution in [0.25, 0.3) is 5.82 Å². The summed E-state index contributed by atoms with van der Waals surface area (Å²) in [5, 5.41) is 7.14. The zero-order valence-corrected chi connectivity index (χ0v) is 14.7. The van der Waals surface area contributed by atoms with Crippen LogP contribution in [-0.2, 0) is 11.2 Å². The van der Waals surface area contributed by atoms with Crippen LogP contribution in [0.4, 0.5) is 15.8 Å². The molecule has 1 aromatic carbocycles. The van der Waals surface area contributed by atoms with Crippen molar-refractivity contribution in [3.05, 3.63) is 60.6 Å². The van der Waals surface area contributed by atoms with Gasteiger partial charge in [-0.2, -0.15) is 5.10 Å². The van der Waals surface area contributed by atoms with E-state index in [1.165, 1.54) is 18.5 Å². The van der Waals surface area contributed by atoms with Crippen LogP contribution >= 0.6 is 0 Å². The summed E-state index contributed by atoms with van der Waals surface area (Å²) in [4.78, 5) is 22.9. The summed E-state index contributed by atoms with van der Waals surface area (Å²) in [5.41, 5.74) is 2.25. The Morgan fingerprint density at radius 2 is 1.93 bits per heavy atom. The van der Waals surface area contributed by atoms with Crippen molar-refractivity contribution >= 4 is 17.3 Å².